The average molecular weight is 207 g/mol. The van der Waals surface area contributed by atoms with E-state index in [-0.39, 0.29) is 5.56 Å². The maximum absolute atomic E-state index is 11.0. The number of carboxylic acids is 1. The fourth-order valence-corrected chi connectivity index (χ4v) is 1.65. The summed E-state index contributed by atoms with van der Waals surface area (Å²) in [5.74, 6) is -0.931. The molecule has 3 N–H and O–H groups in total. The van der Waals surface area contributed by atoms with E-state index in [0.717, 1.165) is 31.2 Å². The number of carboxylic acid groups (broad SMARTS) is 1. The molecule has 1 aromatic rings. The number of rotatable bonds is 5. The molecular formula is C12H17NO2. The fraction of sp³-hybridized carbons (Fsp3) is 0.417. The van der Waals surface area contributed by atoms with Gasteiger partial charge in [-0.05, 0) is 24.5 Å². The lowest BCUT2D eigenvalue weighted by Crippen LogP contribution is -2.06. The Labute approximate surface area is 89.9 Å². The Balaban J connectivity index is 2.86. The molecule has 0 spiro atoms. The number of carbonyl (C=O) groups is 1. The van der Waals surface area contributed by atoms with Gasteiger partial charge in [-0.3, -0.25) is 0 Å². The van der Waals surface area contributed by atoms with Gasteiger partial charge in [0.2, 0.25) is 0 Å². The van der Waals surface area contributed by atoms with E-state index in [1.807, 2.05) is 12.1 Å². The van der Waals surface area contributed by atoms with Gasteiger partial charge in [-0.2, -0.15) is 0 Å². The van der Waals surface area contributed by atoms with Gasteiger partial charge in [0.15, 0.2) is 0 Å². The Morgan fingerprint density at radius 1 is 1.40 bits per heavy atom. The maximum atomic E-state index is 11.0. The molecule has 0 fully saturated rings. The molecule has 0 bridgehead atoms. The normalized spacial score (nSPS) is 10.2. The van der Waals surface area contributed by atoms with Gasteiger partial charge in [0.25, 0.3) is 0 Å². The third-order valence-corrected chi connectivity index (χ3v) is 2.45. The first kappa shape index (κ1) is 11.6. The largest absolute Gasteiger partial charge is 0.478 e. The monoisotopic (exact) mass is 207 g/mol. The summed E-state index contributed by atoms with van der Waals surface area (Å²) in [5, 5.41) is 9.02. The van der Waals surface area contributed by atoms with Crippen LogP contribution in [-0.2, 0) is 6.42 Å². The molecule has 0 aliphatic carbocycles. The van der Waals surface area contributed by atoms with Crippen LogP contribution in [0.5, 0.6) is 0 Å². The van der Waals surface area contributed by atoms with Crippen LogP contribution in [0.3, 0.4) is 0 Å². The summed E-state index contributed by atoms with van der Waals surface area (Å²) >= 11 is 0. The molecule has 0 heterocycles. The molecule has 0 saturated carbocycles. The third-order valence-electron chi connectivity index (χ3n) is 2.45. The van der Waals surface area contributed by atoms with Crippen molar-refractivity contribution in [3.05, 3.63) is 29.3 Å². The lowest BCUT2D eigenvalue weighted by atomic mass is 10.00. The third kappa shape index (κ3) is 2.98. The molecule has 1 rings (SSSR count). The number of nitrogens with two attached hydrogens (primary N) is 1. The highest BCUT2D eigenvalue weighted by Crippen LogP contribution is 2.19. The molecule has 0 atom stereocenters. The molecule has 0 saturated heterocycles. The second-order valence-corrected chi connectivity index (χ2v) is 3.64. The molecular weight excluding hydrogens is 190 g/mol. The summed E-state index contributed by atoms with van der Waals surface area (Å²) in [6.45, 7) is 2.12. The molecule has 1 aromatic carbocycles. The van der Waals surface area contributed by atoms with Crippen LogP contribution in [0, 0.1) is 0 Å². The molecule has 0 unspecified atom stereocenters. The van der Waals surface area contributed by atoms with Crippen molar-refractivity contribution in [1.29, 1.82) is 0 Å². The van der Waals surface area contributed by atoms with Crippen molar-refractivity contribution in [1.82, 2.24) is 0 Å². The van der Waals surface area contributed by atoms with E-state index in [9.17, 15) is 4.79 Å². The SMILES string of the molecule is CCCCCc1cccc(N)c1C(=O)O. The second kappa shape index (κ2) is 5.39. The Kier molecular flexibility index (Phi) is 4.16. The van der Waals surface area contributed by atoms with E-state index < -0.39 is 5.97 Å². The first-order chi connectivity index (χ1) is 7.16. The highest BCUT2D eigenvalue weighted by atomic mass is 16.4. The Morgan fingerprint density at radius 2 is 2.13 bits per heavy atom. The lowest BCUT2D eigenvalue weighted by Gasteiger charge is -2.07. The minimum atomic E-state index is -0.931. The van der Waals surface area contributed by atoms with E-state index in [2.05, 4.69) is 6.92 Å². The van der Waals surface area contributed by atoms with Gasteiger partial charge >= 0.3 is 5.97 Å². The number of hydrogen-bond acceptors (Lipinski definition) is 2. The van der Waals surface area contributed by atoms with Crippen molar-refractivity contribution in [2.24, 2.45) is 0 Å². The first-order valence-electron chi connectivity index (χ1n) is 5.27. The van der Waals surface area contributed by atoms with Crippen LogP contribution in [-0.4, -0.2) is 11.1 Å². The van der Waals surface area contributed by atoms with Crippen LogP contribution in [0.4, 0.5) is 5.69 Å². The highest BCUT2D eigenvalue weighted by molar-refractivity contribution is 5.95. The maximum Gasteiger partial charge on any atom is 0.338 e. The molecule has 0 amide bonds. The minimum Gasteiger partial charge on any atom is -0.478 e. The van der Waals surface area contributed by atoms with Gasteiger partial charge < -0.3 is 10.8 Å². The van der Waals surface area contributed by atoms with Gasteiger partial charge in [0, 0.05) is 5.69 Å². The van der Waals surface area contributed by atoms with E-state index in [1.165, 1.54) is 0 Å². The number of anilines is 1. The standard InChI is InChI=1S/C12H17NO2/c1-2-3-4-6-9-7-5-8-10(13)11(9)12(14)15/h5,7-8H,2-4,6,13H2,1H3,(H,14,15). The van der Waals surface area contributed by atoms with Gasteiger partial charge in [0.05, 0.1) is 5.56 Å². The van der Waals surface area contributed by atoms with Crippen molar-refractivity contribution >= 4 is 11.7 Å². The molecule has 82 valence electrons. The van der Waals surface area contributed by atoms with Crippen molar-refractivity contribution < 1.29 is 9.90 Å². The topological polar surface area (TPSA) is 63.3 Å². The highest BCUT2D eigenvalue weighted by Gasteiger charge is 2.12. The second-order valence-electron chi connectivity index (χ2n) is 3.64. The number of hydrogen-bond donors (Lipinski definition) is 2. The van der Waals surface area contributed by atoms with E-state index in [4.69, 9.17) is 10.8 Å². The smallest absolute Gasteiger partial charge is 0.338 e. The van der Waals surface area contributed by atoms with Gasteiger partial charge in [0.1, 0.15) is 0 Å². The molecule has 0 aliphatic heterocycles. The van der Waals surface area contributed by atoms with Crippen molar-refractivity contribution in [3.63, 3.8) is 0 Å². The molecule has 3 nitrogen and oxygen atoms in total. The predicted molar refractivity (Wildman–Crippen MR) is 61.0 cm³/mol. The predicted octanol–water partition coefficient (Wildman–Crippen LogP) is 2.70. The number of benzene rings is 1. The summed E-state index contributed by atoms with van der Waals surface area (Å²) < 4.78 is 0. The summed E-state index contributed by atoms with van der Waals surface area (Å²) in [5.41, 5.74) is 7.12. The number of unbranched alkanes of at least 4 members (excludes halogenated alkanes) is 2. The van der Waals surface area contributed by atoms with Gasteiger partial charge in [-0.25, -0.2) is 4.79 Å². The Hall–Kier alpha value is -1.51. The van der Waals surface area contributed by atoms with E-state index in [1.54, 1.807) is 6.07 Å². The summed E-state index contributed by atoms with van der Waals surface area (Å²) in [4.78, 5) is 11.0. The van der Waals surface area contributed by atoms with E-state index >= 15 is 0 Å². The average Bonchev–Trinajstić information content (AvgIpc) is 2.17. The van der Waals surface area contributed by atoms with Crippen LogP contribution in [0.25, 0.3) is 0 Å². The van der Waals surface area contributed by atoms with Crippen LogP contribution in [0.1, 0.15) is 42.1 Å². The van der Waals surface area contributed by atoms with Crippen LogP contribution in [0.15, 0.2) is 18.2 Å². The molecule has 0 aromatic heterocycles. The van der Waals surface area contributed by atoms with Crippen molar-refractivity contribution in [2.75, 3.05) is 5.73 Å². The van der Waals surface area contributed by atoms with Gasteiger partial charge in [-0.15, -0.1) is 0 Å². The Bertz CT molecular complexity index is 347. The molecule has 0 aliphatic rings. The molecule has 0 radical (unpaired) electrons. The van der Waals surface area contributed by atoms with Crippen molar-refractivity contribution in [3.8, 4) is 0 Å². The summed E-state index contributed by atoms with van der Waals surface area (Å²) in [6.07, 6.45) is 4.05. The minimum absolute atomic E-state index is 0.272. The zero-order valence-electron chi connectivity index (χ0n) is 8.99. The number of aromatic carboxylic acids is 1. The molecule has 3 heteroatoms. The number of aryl methyl sites for hydroxylation is 1. The van der Waals surface area contributed by atoms with Crippen molar-refractivity contribution in [2.45, 2.75) is 32.6 Å². The zero-order chi connectivity index (χ0) is 11.3. The Morgan fingerprint density at radius 3 is 2.73 bits per heavy atom. The summed E-state index contributed by atoms with van der Waals surface area (Å²) in [6, 6.07) is 5.28. The van der Waals surface area contributed by atoms with E-state index in [0.29, 0.717) is 5.69 Å². The van der Waals surface area contributed by atoms with Crippen LogP contribution in [0.2, 0.25) is 0 Å². The molecule has 15 heavy (non-hydrogen) atoms. The van der Waals surface area contributed by atoms with Crippen LogP contribution >= 0.6 is 0 Å². The summed E-state index contributed by atoms with van der Waals surface area (Å²) in [7, 11) is 0. The quantitative estimate of drug-likeness (QED) is 0.576. The fourth-order valence-electron chi connectivity index (χ4n) is 1.65. The number of nitrogen functional groups attached to an aromatic ring is 1. The lowest BCUT2D eigenvalue weighted by molar-refractivity contribution is 0.0697. The zero-order valence-corrected chi connectivity index (χ0v) is 8.99. The first-order valence-corrected chi connectivity index (χ1v) is 5.27. The van der Waals surface area contributed by atoms with Crippen LogP contribution < -0.4 is 5.73 Å². The van der Waals surface area contributed by atoms with Gasteiger partial charge in [-0.1, -0.05) is 31.9 Å².